The van der Waals surface area contributed by atoms with Gasteiger partial charge in [0.2, 0.25) is 0 Å². The van der Waals surface area contributed by atoms with Gasteiger partial charge >= 0.3 is 5.97 Å². The van der Waals surface area contributed by atoms with Crippen LogP contribution in [0.25, 0.3) is 0 Å². The first-order valence-electron chi connectivity index (χ1n) is 7.17. The van der Waals surface area contributed by atoms with Crippen molar-refractivity contribution in [1.29, 1.82) is 0 Å². The average molecular weight is 343 g/mol. The van der Waals surface area contributed by atoms with E-state index in [0.29, 0.717) is 23.9 Å². The van der Waals surface area contributed by atoms with Gasteiger partial charge in [0.25, 0.3) is 0 Å². The molecule has 1 saturated heterocycles. The number of hydrazine groups is 1. The second kappa shape index (κ2) is 7.87. The number of thiocarbonyl (C=S) groups is 1. The summed E-state index contributed by atoms with van der Waals surface area (Å²) in [5.74, 6) is -0.335. The molecule has 0 amide bonds. The number of nitrogens with zero attached hydrogens (tertiary/aromatic N) is 1. The number of anilines is 1. The minimum absolute atomic E-state index is 0.335. The second-order valence-electron chi connectivity index (χ2n) is 4.85. The monoisotopic (exact) mass is 343 g/mol. The summed E-state index contributed by atoms with van der Waals surface area (Å²) in [5, 5.41) is 6.32. The fourth-order valence-electron chi connectivity index (χ4n) is 2.36. The Balaban J connectivity index is 2.11. The third-order valence-electron chi connectivity index (χ3n) is 3.45. The van der Waals surface area contributed by atoms with Crippen molar-refractivity contribution in [3.05, 3.63) is 16.0 Å². The summed E-state index contributed by atoms with van der Waals surface area (Å²) in [4.78, 5) is 13.1. The van der Waals surface area contributed by atoms with Crippen LogP contribution in [0.1, 0.15) is 27.7 Å². The zero-order valence-corrected chi connectivity index (χ0v) is 14.7. The van der Waals surface area contributed by atoms with Gasteiger partial charge in [-0.25, -0.2) is 9.80 Å². The number of hydrogen-bond donors (Lipinski definition) is 2. The van der Waals surface area contributed by atoms with Crippen LogP contribution < -0.4 is 10.7 Å². The van der Waals surface area contributed by atoms with E-state index in [2.05, 4.69) is 10.7 Å². The van der Waals surface area contributed by atoms with Crippen LogP contribution >= 0.6 is 23.6 Å². The number of morpholine rings is 1. The van der Waals surface area contributed by atoms with Crippen LogP contribution in [-0.2, 0) is 15.9 Å². The molecule has 0 saturated carbocycles. The number of rotatable bonds is 4. The topological polar surface area (TPSA) is 62.8 Å². The predicted octanol–water partition coefficient (Wildman–Crippen LogP) is 1.94. The maximum absolute atomic E-state index is 12.1. The number of hydrogen-bond acceptors (Lipinski definition) is 6. The summed E-state index contributed by atoms with van der Waals surface area (Å²) >= 11 is 6.85. The molecule has 122 valence electrons. The number of thiophene rings is 1. The van der Waals surface area contributed by atoms with Crippen LogP contribution in [0.5, 0.6) is 0 Å². The van der Waals surface area contributed by atoms with Crippen molar-refractivity contribution in [2.45, 2.75) is 20.3 Å². The Morgan fingerprint density at radius 3 is 2.73 bits per heavy atom. The molecule has 1 aliphatic heterocycles. The molecule has 2 heterocycles. The van der Waals surface area contributed by atoms with Crippen molar-refractivity contribution in [1.82, 2.24) is 10.4 Å². The van der Waals surface area contributed by atoms with Gasteiger partial charge in [-0.15, -0.1) is 11.3 Å². The number of ether oxygens (including phenoxy) is 2. The molecule has 0 atom stereocenters. The summed E-state index contributed by atoms with van der Waals surface area (Å²) in [6.07, 6.45) is 0.776. The lowest BCUT2D eigenvalue weighted by atomic mass is 10.1. The molecule has 0 radical (unpaired) electrons. The van der Waals surface area contributed by atoms with Gasteiger partial charge in [-0.2, -0.15) is 0 Å². The molecule has 1 fully saturated rings. The molecule has 1 aromatic heterocycles. The van der Waals surface area contributed by atoms with Crippen molar-refractivity contribution < 1.29 is 14.3 Å². The Bertz CT molecular complexity index is 554. The molecule has 0 unspecified atom stereocenters. The second-order valence-corrected chi connectivity index (χ2v) is 6.48. The van der Waals surface area contributed by atoms with Gasteiger partial charge in [-0.3, -0.25) is 5.43 Å². The van der Waals surface area contributed by atoms with Gasteiger partial charge in [0.05, 0.1) is 25.9 Å². The predicted molar refractivity (Wildman–Crippen MR) is 91.5 cm³/mol. The van der Waals surface area contributed by atoms with Crippen LogP contribution in [0.15, 0.2) is 0 Å². The number of esters is 1. The molecule has 2 N–H and O–H groups in total. The van der Waals surface area contributed by atoms with E-state index in [0.717, 1.165) is 35.0 Å². The number of aryl methyl sites for hydroxylation is 1. The third-order valence-corrected chi connectivity index (χ3v) is 4.71. The van der Waals surface area contributed by atoms with Crippen LogP contribution in [0.2, 0.25) is 0 Å². The van der Waals surface area contributed by atoms with E-state index < -0.39 is 0 Å². The zero-order valence-electron chi connectivity index (χ0n) is 13.0. The molecular formula is C14H21N3O3S2. The van der Waals surface area contributed by atoms with E-state index in [-0.39, 0.29) is 5.97 Å². The zero-order chi connectivity index (χ0) is 16.1. The van der Waals surface area contributed by atoms with Crippen LogP contribution in [0.4, 0.5) is 5.00 Å². The largest absolute Gasteiger partial charge is 0.465 e. The lowest BCUT2D eigenvalue weighted by Gasteiger charge is -2.28. The van der Waals surface area contributed by atoms with Crippen molar-refractivity contribution in [2.24, 2.45) is 0 Å². The van der Waals surface area contributed by atoms with E-state index in [1.165, 1.54) is 18.4 Å². The lowest BCUT2D eigenvalue weighted by Crippen LogP contribution is -2.49. The number of nitrogens with one attached hydrogen (secondary N) is 2. The highest BCUT2D eigenvalue weighted by Gasteiger charge is 2.22. The molecule has 1 aromatic rings. The van der Waals surface area contributed by atoms with E-state index in [1.807, 2.05) is 18.9 Å². The normalized spacial score (nSPS) is 15.4. The van der Waals surface area contributed by atoms with Gasteiger partial charge in [0.15, 0.2) is 5.11 Å². The first kappa shape index (κ1) is 17.1. The molecule has 0 aliphatic carbocycles. The number of carbonyl (C=O) groups is 1. The first-order valence-corrected chi connectivity index (χ1v) is 8.40. The quantitative estimate of drug-likeness (QED) is 0.640. The summed E-state index contributed by atoms with van der Waals surface area (Å²) in [6, 6.07) is 0. The molecule has 2 rings (SSSR count). The van der Waals surface area contributed by atoms with E-state index in [4.69, 9.17) is 21.7 Å². The van der Waals surface area contributed by atoms with Gasteiger partial charge < -0.3 is 14.8 Å². The van der Waals surface area contributed by atoms with Gasteiger partial charge in [-0.05, 0) is 31.1 Å². The Morgan fingerprint density at radius 2 is 2.14 bits per heavy atom. The van der Waals surface area contributed by atoms with Gasteiger partial charge in [0, 0.05) is 18.0 Å². The molecule has 8 heteroatoms. The summed E-state index contributed by atoms with van der Waals surface area (Å²) in [6.45, 7) is 6.93. The fourth-order valence-corrected chi connectivity index (χ4v) is 3.79. The van der Waals surface area contributed by atoms with Gasteiger partial charge in [0.1, 0.15) is 5.00 Å². The van der Waals surface area contributed by atoms with Crippen molar-refractivity contribution in [3.8, 4) is 0 Å². The van der Waals surface area contributed by atoms with E-state index in [1.54, 1.807) is 0 Å². The van der Waals surface area contributed by atoms with Crippen LogP contribution in [0.3, 0.4) is 0 Å². The highest BCUT2D eigenvalue weighted by Crippen LogP contribution is 2.33. The first-order chi connectivity index (χ1) is 10.6. The molecule has 0 spiro atoms. The Labute approximate surface area is 139 Å². The molecule has 1 aliphatic rings. The third kappa shape index (κ3) is 3.95. The molecule has 0 aromatic carbocycles. The number of carbonyl (C=O) groups excluding carboxylic acids is 1. The molecule has 6 nitrogen and oxygen atoms in total. The SMILES string of the molecule is CCc1c(C)sc(NC(=S)NN2CCOCC2)c1C(=O)OC. The standard InChI is InChI=1S/C14H21N3O3S2/c1-4-10-9(2)22-12(11(10)13(18)19-3)15-14(21)16-17-5-7-20-8-6-17/h4-8H2,1-3H3,(H2,15,16,21). The van der Waals surface area contributed by atoms with Crippen molar-refractivity contribution in [2.75, 3.05) is 38.7 Å². The highest BCUT2D eigenvalue weighted by molar-refractivity contribution is 7.80. The molecular weight excluding hydrogens is 322 g/mol. The van der Waals surface area contributed by atoms with Crippen molar-refractivity contribution >= 4 is 39.6 Å². The lowest BCUT2D eigenvalue weighted by molar-refractivity contribution is 0.0252. The fraction of sp³-hybridized carbons (Fsp3) is 0.571. The Kier molecular flexibility index (Phi) is 6.13. The maximum atomic E-state index is 12.1. The smallest absolute Gasteiger partial charge is 0.341 e. The molecule has 0 bridgehead atoms. The molecule has 22 heavy (non-hydrogen) atoms. The van der Waals surface area contributed by atoms with Crippen LogP contribution in [-0.4, -0.2) is 49.5 Å². The summed E-state index contributed by atoms with van der Waals surface area (Å²) in [5.41, 5.74) is 4.72. The van der Waals surface area contributed by atoms with Crippen LogP contribution in [0, 0.1) is 6.92 Å². The Hall–Kier alpha value is -1.22. The van der Waals surface area contributed by atoms with E-state index in [9.17, 15) is 4.79 Å². The van der Waals surface area contributed by atoms with E-state index >= 15 is 0 Å². The Morgan fingerprint density at radius 1 is 1.45 bits per heavy atom. The highest BCUT2D eigenvalue weighted by atomic mass is 32.1. The summed E-state index contributed by atoms with van der Waals surface area (Å²) in [7, 11) is 1.39. The minimum Gasteiger partial charge on any atom is -0.465 e. The van der Waals surface area contributed by atoms with Crippen molar-refractivity contribution in [3.63, 3.8) is 0 Å². The minimum atomic E-state index is -0.335. The number of methoxy groups -OCH3 is 1. The summed E-state index contributed by atoms with van der Waals surface area (Å²) < 4.78 is 10.2. The average Bonchev–Trinajstić information content (AvgIpc) is 2.82. The maximum Gasteiger partial charge on any atom is 0.341 e. The van der Waals surface area contributed by atoms with Gasteiger partial charge in [-0.1, -0.05) is 6.92 Å².